The van der Waals surface area contributed by atoms with E-state index in [9.17, 15) is 0 Å². The molecule has 0 aliphatic heterocycles. The second kappa shape index (κ2) is 7.13. The maximum Gasteiger partial charge on any atom is 0.0595 e. The van der Waals surface area contributed by atoms with Crippen LogP contribution in [0.2, 0.25) is 10.0 Å². The van der Waals surface area contributed by atoms with E-state index < -0.39 is 0 Å². The number of nitrogens with one attached hydrogen (secondary N) is 1. The third kappa shape index (κ3) is 4.11. The van der Waals surface area contributed by atoms with Gasteiger partial charge < -0.3 is 10.1 Å². The zero-order chi connectivity index (χ0) is 14.6. The van der Waals surface area contributed by atoms with Gasteiger partial charge in [0.2, 0.25) is 0 Å². The molecule has 1 atom stereocenters. The Morgan fingerprint density at radius 1 is 1.30 bits per heavy atom. The summed E-state index contributed by atoms with van der Waals surface area (Å²) in [5, 5.41) is 4.93. The first-order valence-electron chi connectivity index (χ1n) is 7.27. The minimum Gasteiger partial charge on any atom is -0.385 e. The van der Waals surface area contributed by atoms with Crippen molar-refractivity contribution in [3.05, 3.63) is 33.8 Å². The number of methoxy groups -OCH3 is 1. The van der Waals surface area contributed by atoms with Gasteiger partial charge in [-0.3, -0.25) is 0 Å². The molecule has 0 amide bonds. The summed E-state index contributed by atoms with van der Waals surface area (Å²) in [6.45, 7) is 4.09. The molecule has 20 heavy (non-hydrogen) atoms. The molecule has 2 nitrogen and oxygen atoms in total. The van der Waals surface area contributed by atoms with Gasteiger partial charge in [-0.1, -0.05) is 36.2 Å². The van der Waals surface area contributed by atoms with Gasteiger partial charge in [-0.25, -0.2) is 0 Å². The monoisotopic (exact) mass is 315 g/mol. The van der Waals surface area contributed by atoms with Gasteiger partial charge in [-0.05, 0) is 48.8 Å². The quantitative estimate of drug-likeness (QED) is 0.740. The van der Waals surface area contributed by atoms with Gasteiger partial charge in [0.15, 0.2) is 0 Å². The molecule has 0 heterocycles. The Balaban J connectivity index is 1.93. The zero-order valence-electron chi connectivity index (χ0n) is 12.2. The Bertz CT molecular complexity index is 446. The highest BCUT2D eigenvalue weighted by molar-refractivity contribution is 6.42. The summed E-state index contributed by atoms with van der Waals surface area (Å²) >= 11 is 12.1. The Morgan fingerprint density at radius 3 is 2.60 bits per heavy atom. The molecule has 1 aromatic carbocycles. The van der Waals surface area contributed by atoms with Crippen molar-refractivity contribution in [2.45, 2.75) is 38.6 Å². The molecular formula is C16H23Cl2NO. The van der Waals surface area contributed by atoms with Crippen LogP contribution in [0.4, 0.5) is 0 Å². The fourth-order valence-corrected chi connectivity index (χ4v) is 2.88. The number of hydrogen-bond donors (Lipinski definition) is 1. The van der Waals surface area contributed by atoms with Gasteiger partial charge in [0.05, 0.1) is 10.0 Å². The van der Waals surface area contributed by atoms with Gasteiger partial charge in [-0.2, -0.15) is 0 Å². The SMILES string of the molecule is CCC(NCC1(CCOC)CC1)c1ccc(Cl)c(Cl)c1. The molecule has 4 heteroatoms. The molecule has 1 fully saturated rings. The minimum absolute atomic E-state index is 0.338. The van der Waals surface area contributed by atoms with E-state index in [1.165, 1.54) is 18.4 Å². The first-order valence-corrected chi connectivity index (χ1v) is 8.03. The van der Waals surface area contributed by atoms with E-state index in [0.29, 0.717) is 21.5 Å². The van der Waals surface area contributed by atoms with Crippen molar-refractivity contribution in [3.63, 3.8) is 0 Å². The van der Waals surface area contributed by atoms with E-state index in [0.717, 1.165) is 26.0 Å². The van der Waals surface area contributed by atoms with Crippen molar-refractivity contribution < 1.29 is 4.74 Å². The summed E-state index contributed by atoms with van der Waals surface area (Å²) in [5.74, 6) is 0. The summed E-state index contributed by atoms with van der Waals surface area (Å²) in [7, 11) is 1.77. The molecule has 0 saturated heterocycles. The lowest BCUT2D eigenvalue weighted by atomic mass is 10.00. The molecule has 0 bridgehead atoms. The van der Waals surface area contributed by atoms with Crippen LogP contribution in [0.1, 0.15) is 44.2 Å². The molecule has 112 valence electrons. The molecular weight excluding hydrogens is 293 g/mol. The fraction of sp³-hybridized carbons (Fsp3) is 0.625. The van der Waals surface area contributed by atoms with Gasteiger partial charge in [0.25, 0.3) is 0 Å². The van der Waals surface area contributed by atoms with Crippen LogP contribution < -0.4 is 5.32 Å². The van der Waals surface area contributed by atoms with Crippen LogP contribution in [0.25, 0.3) is 0 Å². The topological polar surface area (TPSA) is 21.3 Å². The van der Waals surface area contributed by atoms with Crippen molar-refractivity contribution in [2.24, 2.45) is 5.41 Å². The Kier molecular flexibility index (Phi) is 5.74. The maximum absolute atomic E-state index is 6.11. The van der Waals surface area contributed by atoms with Crippen LogP contribution in [-0.4, -0.2) is 20.3 Å². The number of ether oxygens (including phenoxy) is 1. The number of rotatable bonds is 8. The van der Waals surface area contributed by atoms with Crippen molar-refractivity contribution in [2.75, 3.05) is 20.3 Å². The Hall–Kier alpha value is -0.280. The third-order valence-corrected chi connectivity index (χ3v) is 5.01. The van der Waals surface area contributed by atoms with E-state index in [1.807, 2.05) is 12.1 Å². The zero-order valence-corrected chi connectivity index (χ0v) is 13.7. The number of benzene rings is 1. The predicted molar refractivity (Wildman–Crippen MR) is 85.7 cm³/mol. The molecule has 1 aliphatic rings. The van der Waals surface area contributed by atoms with Crippen LogP contribution in [0.3, 0.4) is 0 Å². The first kappa shape index (κ1) is 16.1. The second-order valence-electron chi connectivity index (χ2n) is 5.76. The molecule has 1 N–H and O–H groups in total. The fourth-order valence-electron chi connectivity index (χ4n) is 2.58. The average Bonchev–Trinajstić information content (AvgIpc) is 3.21. The van der Waals surface area contributed by atoms with Crippen molar-refractivity contribution >= 4 is 23.2 Å². The van der Waals surface area contributed by atoms with Crippen LogP contribution in [0.5, 0.6) is 0 Å². The van der Waals surface area contributed by atoms with Crippen LogP contribution in [0, 0.1) is 5.41 Å². The summed E-state index contributed by atoms with van der Waals surface area (Å²) in [6.07, 6.45) is 4.80. The van der Waals surface area contributed by atoms with E-state index in [1.54, 1.807) is 7.11 Å². The first-order chi connectivity index (χ1) is 9.60. The molecule has 1 unspecified atom stereocenters. The van der Waals surface area contributed by atoms with E-state index in [4.69, 9.17) is 27.9 Å². The van der Waals surface area contributed by atoms with Crippen molar-refractivity contribution in [1.29, 1.82) is 0 Å². The van der Waals surface area contributed by atoms with E-state index >= 15 is 0 Å². The van der Waals surface area contributed by atoms with Crippen LogP contribution in [-0.2, 0) is 4.74 Å². The normalized spacial score (nSPS) is 18.0. The highest BCUT2D eigenvalue weighted by Gasteiger charge is 2.41. The highest BCUT2D eigenvalue weighted by atomic mass is 35.5. The Morgan fingerprint density at radius 2 is 2.05 bits per heavy atom. The van der Waals surface area contributed by atoms with Crippen LogP contribution in [0.15, 0.2) is 18.2 Å². The molecule has 0 spiro atoms. The average molecular weight is 316 g/mol. The predicted octanol–water partition coefficient (Wildman–Crippen LogP) is 4.85. The molecule has 1 saturated carbocycles. The number of halogens is 2. The van der Waals surface area contributed by atoms with Gasteiger partial charge >= 0.3 is 0 Å². The van der Waals surface area contributed by atoms with Gasteiger partial charge in [0, 0.05) is 26.3 Å². The van der Waals surface area contributed by atoms with Crippen molar-refractivity contribution in [1.82, 2.24) is 5.32 Å². The largest absolute Gasteiger partial charge is 0.385 e. The van der Waals surface area contributed by atoms with E-state index in [-0.39, 0.29) is 0 Å². The van der Waals surface area contributed by atoms with Gasteiger partial charge in [0.1, 0.15) is 0 Å². The second-order valence-corrected chi connectivity index (χ2v) is 6.57. The lowest BCUT2D eigenvalue weighted by Crippen LogP contribution is -2.28. The van der Waals surface area contributed by atoms with E-state index in [2.05, 4.69) is 18.3 Å². The molecule has 1 aliphatic carbocycles. The lowest BCUT2D eigenvalue weighted by molar-refractivity contribution is 0.170. The molecule has 0 radical (unpaired) electrons. The smallest absolute Gasteiger partial charge is 0.0595 e. The third-order valence-electron chi connectivity index (χ3n) is 4.27. The molecule has 2 rings (SSSR count). The van der Waals surface area contributed by atoms with Crippen LogP contribution >= 0.6 is 23.2 Å². The highest BCUT2D eigenvalue weighted by Crippen LogP contribution is 2.48. The minimum atomic E-state index is 0.338. The molecule has 0 aromatic heterocycles. The Labute approximate surface area is 131 Å². The maximum atomic E-state index is 6.11. The summed E-state index contributed by atoms with van der Waals surface area (Å²) in [4.78, 5) is 0. The van der Waals surface area contributed by atoms with Gasteiger partial charge in [-0.15, -0.1) is 0 Å². The lowest BCUT2D eigenvalue weighted by Gasteiger charge is -2.22. The van der Waals surface area contributed by atoms with Crippen molar-refractivity contribution in [3.8, 4) is 0 Å². The summed E-state index contributed by atoms with van der Waals surface area (Å²) in [6, 6.07) is 6.25. The summed E-state index contributed by atoms with van der Waals surface area (Å²) < 4.78 is 5.20. The number of hydrogen-bond acceptors (Lipinski definition) is 2. The summed E-state index contributed by atoms with van der Waals surface area (Å²) in [5.41, 5.74) is 1.67. The standard InChI is InChI=1S/C16H23Cl2NO/c1-3-15(12-4-5-13(17)14(18)10-12)19-11-16(6-7-16)8-9-20-2/h4-5,10,15,19H,3,6-9,11H2,1-2H3. The molecule has 1 aromatic rings.